The van der Waals surface area contributed by atoms with Gasteiger partial charge in [-0.2, -0.15) is 8.42 Å². The van der Waals surface area contributed by atoms with Crippen LogP contribution in [0.25, 0.3) is 11.3 Å². The minimum atomic E-state index is -4.40. The largest absolute Gasteiger partial charge is 0.444 e. The van der Waals surface area contributed by atoms with Gasteiger partial charge in [-0.1, -0.05) is 72.8 Å². The fourth-order valence-electron chi connectivity index (χ4n) is 4.25. The number of carbonyl (C=O) groups is 2. The number of anilines is 2. The lowest BCUT2D eigenvalue weighted by Gasteiger charge is -2.28. The van der Waals surface area contributed by atoms with Crippen LogP contribution < -0.4 is 14.9 Å². The lowest BCUT2D eigenvalue weighted by Crippen LogP contribution is -2.51. The number of amides is 2. The van der Waals surface area contributed by atoms with Crippen LogP contribution in [0.3, 0.4) is 0 Å². The van der Waals surface area contributed by atoms with E-state index in [1.54, 1.807) is 37.8 Å². The minimum Gasteiger partial charge on any atom is -0.444 e. The van der Waals surface area contributed by atoms with E-state index in [-0.39, 0.29) is 24.6 Å². The molecular weight excluding hydrogens is 588 g/mol. The summed E-state index contributed by atoms with van der Waals surface area (Å²) < 4.78 is 38.8. The Bertz CT molecular complexity index is 1620. The van der Waals surface area contributed by atoms with Gasteiger partial charge in [0.05, 0.1) is 11.4 Å². The number of benzene rings is 3. The standard InChI is InChI=1S/C31H34N4O6S2/c1-31(2,3)41-30(37)33-26(20-23-10-6-4-7-11-23)28(36)35(29-32-27(21-42-29)24-12-8-5-9-13-24)19-18-22-14-16-25(17-15-22)34-43(38,39)40/h4-17,21,26,34H,18-20H2,1-3H3,(H,33,37)(H,38,39,40). The summed E-state index contributed by atoms with van der Waals surface area (Å²) in [6, 6.07) is 24.5. The van der Waals surface area contributed by atoms with E-state index in [0.29, 0.717) is 11.6 Å². The number of hydrogen-bond donors (Lipinski definition) is 3. The van der Waals surface area contributed by atoms with Crippen LogP contribution in [0.4, 0.5) is 15.6 Å². The number of ether oxygens (including phenoxy) is 1. The molecule has 0 aliphatic carbocycles. The first-order valence-electron chi connectivity index (χ1n) is 13.6. The molecule has 2 amide bonds. The number of hydrogen-bond acceptors (Lipinski definition) is 7. The Labute approximate surface area is 255 Å². The van der Waals surface area contributed by atoms with Crippen LogP contribution in [-0.2, 0) is 32.7 Å². The molecule has 1 unspecified atom stereocenters. The van der Waals surface area contributed by atoms with Gasteiger partial charge < -0.3 is 10.1 Å². The van der Waals surface area contributed by atoms with Crippen molar-refractivity contribution in [3.63, 3.8) is 0 Å². The summed E-state index contributed by atoms with van der Waals surface area (Å²) in [6.45, 7) is 5.49. The minimum absolute atomic E-state index is 0.205. The van der Waals surface area contributed by atoms with Gasteiger partial charge in [0.15, 0.2) is 5.13 Å². The number of aromatic nitrogens is 1. The second kappa shape index (κ2) is 13.8. The van der Waals surface area contributed by atoms with E-state index in [1.807, 2.05) is 70.8 Å². The van der Waals surface area contributed by atoms with Crippen LogP contribution in [0.1, 0.15) is 31.9 Å². The smallest absolute Gasteiger partial charge is 0.408 e. The van der Waals surface area contributed by atoms with Crippen molar-refractivity contribution >= 4 is 44.5 Å². The molecule has 4 rings (SSSR count). The summed E-state index contributed by atoms with van der Waals surface area (Å²) in [5, 5.41) is 5.13. The van der Waals surface area contributed by atoms with E-state index in [2.05, 4.69) is 5.32 Å². The van der Waals surface area contributed by atoms with Gasteiger partial charge in [0.2, 0.25) is 0 Å². The van der Waals surface area contributed by atoms with E-state index in [4.69, 9.17) is 14.3 Å². The molecule has 0 radical (unpaired) electrons. The Hall–Kier alpha value is -4.26. The highest BCUT2D eigenvalue weighted by atomic mass is 32.2. The van der Waals surface area contributed by atoms with Crippen LogP contribution in [0.2, 0.25) is 0 Å². The number of carbonyl (C=O) groups excluding carboxylic acids is 2. The lowest BCUT2D eigenvalue weighted by atomic mass is 10.0. The summed E-state index contributed by atoms with van der Waals surface area (Å²) >= 11 is 1.32. The van der Waals surface area contributed by atoms with Crippen LogP contribution >= 0.6 is 11.3 Å². The van der Waals surface area contributed by atoms with Crippen molar-refractivity contribution in [3.05, 3.63) is 101 Å². The average Bonchev–Trinajstić information content (AvgIpc) is 3.43. The van der Waals surface area contributed by atoms with E-state index < -0.39 is 28.0 Å². The first kappa shape index (κ1) is 31.7. The second-order valence-electron chi connectivity index (χ2n) is 10.8. The van der Waals surface area contributed by atoms with Crippen molar-refractivity contribution in [2.45, 2.75) is 45.3 Å². The van der Waals surface area contributed by atoms with Gasteiger partial charge in [-0.25, -0.2) is 9.78 Å². The Morgan fingerprint density at radius 2 is 1.58 bits per heavy atom. The molecule has 0 fully saturated rings. The van der Waals surface area contributed by atoms with Crippen molar-refractivity contribution in [3.8, 4) is 11.3 Å². The molecule has 0 bridgehead atoms. The Balaban J connectivity index is 1.63. The van der Waals surface area contributed by atoms with Crippen molar-refractivity contribution in [2.75, 3.05) is 16.2 Å². The van der Waals surface area contributed by atoms with Gasteiger partial charge in [0, 0.05) is 23.9 Å². The van der Waals surface area contributed by atoms with E-state index in [9.17, 15) is 18.0 Å². The topological polar surface area (TPSA) is 138 Å². The Morgan fingerprint density at radius 3 is 2.19 bits per heavy atom. The normalized spacial score (nSPS) is 12.3. The van der Waals surface area contributed by atoms with Crippen LogP contribution in [0.15, 0.2) is 90.3 Å². The van der Waals surface area contributed by atoms with E-state index in [0.717, 1.165) is 22.4 Å². The molecule has 0 saturated heterocycles. The quantitative estimate of drug-likeness (QED) is 0.182. The highest BCUT2D eigenvalue weighted by Crippen LogP contribution is 2.28. The molecule has 12 heteroatoms. The molecule has 226 valence electrons. The lowest BCUT2D eigenvalue weighted by molar-refractivity contribution is -0.120. The molecule has 1 atom stereocenters. The zero-order valence-electron chi connectivity index (χ0n) is 24.1. The van der Waals surface area contributed by atoms with Crippen molar-refractivity contribution in [1.29, 1.82) is 0 Å². The zero-order valence-corrected chi connectivity index (χ0v) is 25.7. The number of alkyl carbamates (subject to hydrolysis) is 1. The fourth-order valence-corrected chi connectivity index (χ4v) is 5.55. The molecule has 0 aliphatic rings. The fraction of sp³-hybridized carbons (Fsp3) is 0.258. The maximum absolute atomic E-state index is 14.2. The summed E-state index contributed by atoms with van der Waals surface area (Å²) in [6.07, 6.45) is -0.0573. The highest BCUT2D eigenvalue weighted by Gasteiger charge is 2.30. The van der Waals surface area contributed by atoms with Gasteiger partial charge in [0.25, 0.3) is 5.91 Å². The maximum atomic E-state index is 14.2. The molecule has 1 heterocycles. The summed E-state index contributed by atoms with van der Waals surface area (Å²) in [4.78, 5) is 33.4. The van der Waals surface area contributed by atoms with Crippen molar-refractivity contribution in [2.24, 2.45) is 0 Å². The third-order valence-corrected chi connectivity index (χ3v) is 7.51. The Kier molecular flexibility index (Phi) is 10.2. The number of thiazole rings is 1. The van der Waals surface area contributed by atoms with Crippen LogP contribution in [-0.4, -0.2) is 48.1 Å². The number of nitrogens with one attached hydrogen (secondary N) is 2. The van der Waals surface area contributed by atoms with Crippen molar-refractivity contribution < 1.29 is 27.3 Å². The SMILES string of the molecule is CC(C)(C)OC(=O)NC(Cc1ccccc1)C(=O)N(CCc1ccc(NS(=O)(=O)O)cc1)c1nc(-c2ccccc2)cs1. The third-order valence-electron chi connectivity index (χ3n) is 6.16. The molecule has 1 aromatic heterocycles. The van der Waals surface area contributed by atoms with E-state index in [1.165, 1.54) is 23.5 Å². The van der Waals surface area contributed by atoms with Crippen LogP contribution in [0, 0.1) is 0 Å². The first-order chi connectivity index (χ1) is 20.4. The highest BCUT2D eigenvalue weighted by molar-refractivity contribution is 7.87. The average molecular weight is 623 g/mol. The molecule has 0 saturated carbocycles. The molecule has 3 N–H and O–H groups in total. The van der Waals surface area contributed by atoms with Gasteiger partial charge in [-0.3, -0.25) is 19.0 Å². The summed E-state index contributed by atoms with van der Waals surface area (Å²) in [7, 11) is -4.40. The molecule has 3 aromatic carbocycles. The third kappa shape index (κ3) is 9.91. The van der Waals surface area contributed by atoms with Crippen molar-refractivity contribution in [1.82, 2.24) is 10.3 Å². The molecule has 0 spiro atoms. The van der Waals surface area contributed by atoms with Gasteiger partial charge >= 0.3 is 16.4 Å². The number of rotatable bonds is 11. The second-order valence-corrected chi connectivity index (χ2v) is 12.8. The molecule has 43 heavy (non-hydrogen) atoms. The van der Waals surface area contributed by atoms with E-state index >= 15 is 0 Å². The maximum Gasteiger partial charge on any atom is 0.408 e. The molecule has 4 aromatic rings. The predicted molar refractivity (Wildman–Crippen MR) is 169 cm³/mol. The first-order valence-corrected chi connectivity index (χ1v) is 15.9. The van der Waals surface area contributed by atoms with Gasteiger partial charge in [-0.15, -0.1) is 11.3 Å². The van der Waals surface area contributed by atoms with Crippen LogP contribution in [0.5, 0.6) is 0 Å². The monoisotopic (exact) mass is 622 g/mol. The Morgan fingerprint density at radius 1 is 0.953 bits per heavy atom. The summed E-state index contributed by atoms with van der Waals surface area (Å²) in [5.74, 6) is -0.353. The molecular formula is C31H34N4O6S2. The predicted octanol–water partition coefficient (Wildman–Crippen LogP) is 5.74. The zero-order chi connectivity index (χ0) is 31.0. The summed E-state index contributed by atoms with van der Waals surface area (Å²) in [5.41, 5.74) is 2.77. The van der Waals surface area contributed by atoms with Gasteiger partial charge in [0.1, 0.15) is 11.6 Å². The number of nitrogens with zero attached hydrogens (tertiary/aromatic N) is 2. The molecule has 10 nitrogen and oxygen atoms in total. The van der Waals surface area contributed by atoms with Gasteiger partial charge in [-0.05, 0) is 50.5 Å². The molecule has 0 aliphatic heterocycles.